The Bertz CT molecular complexity index is 527. The molecule has 3 unspecified atom stereocenters. The van der Waals surface area contributed by atoms with E-state index in [1.807, 2.05) is 0 Å². The number of rotatable bonds is 3. The third kappa shape index (κ3) is 2.58. The van der Waals surface area contributed by atoms with Gasteiger partial charge in [-0.1, -0.05) is 0 Å². The van der Waals surface area contributed by atoms with Crippen molar-refractivity contribution in [2.45, 2.75) is 44.1 Å². The van der Waals surface area contributed by atoms with Crippen LogP contribution in [0.4, 0.5) is 0 Å². The summed E-state index contributed by atoms with van der Waals surface area (Å²) in [5, 5.41) is 0. The lowest BCUT2D eigenvalue weighted by Gasteiger charge is -2.42. The van der Waals surface area contributed by atoms with Crippen LogP contribution in [0.15, 0.2) is 0 Å². The number of piperidine rings is 1. The molecular weight excluding hydrogens is 298 g/mol. The average Bonchev–Trinajstić information content (AvgIpc) is 2.91. The molecule has 0 aliphatic carbocycles. The summed E-state index contributed by atoms with van der Waals surface area (Å²) >= 11 is 0. The number of esters is 1. The number of nitrogens with zero attached hydrogens (tertiary/aromatic N) is 1. The molecule has 3 fully saturated rings. The summed E-state index contributed by atoms with van der Waals surface area (Å²) in [6.45, 7) is 3.08. The molecule has 0 N–H and O–H groups in total. The largest absolute Gasteiger partial charge is 0.466 e. The Morgan fingerprint density at radius 2 is 2.00 bits per heavy atom. The van der Waals surface area contributed by atoms with Crippen LogP contribution in [0.3, 0.4) is 0 Å². The minimum absolute atomic E-state index is 0.258. The van der Waals surface area contributed by atoms with Crippen LogP contribution in [-0.4, -0.2) is 62.6 Å². The third-order valence-corrected chi connectivity index (χ3v) is 5.86. The van der Waals surface area contributed by atoms with E-state index in [1.165, 1.54) is 10.6 Å². The van der Waals surface area contributed by atoms with E-state index in [0.717, 1.165) is 0 Å². The Morgan fingerprint density at radius 1 is 1.33 bits per heavy atom. The third-order valence-electron chi connectivity index (χ3n) is 4.53. The highest BCUT2D eigenvalue weighted by molar-refractivity contribution is 7.88. The van der Waals surface area contributed by atoms with Crippen LogP contribution in [0.5, 0.6) is 0 Å². The second kappa shape index (κ2) is 5.19. The quantitative estimate of drug-likeness (QED) is 0.687. The SMILES string of the molecule is CCOC(=O)C1CC2CC3(CC1N2S(C)(=O)=O)OCCO3. The first-order valence-corrected chi connectivity index (χ1v) is 9.14. The number of fused-ring (bicyclic) bond motifs is 2. The van der Waals surface area contributed by atoms with Gasteiger partial charge in [0.15, 0.2) is 5.79 Å². The molecule has 3 aliphatic rings. The fraction of sp³-hybridized carbons (Fsp3) is 0.923. The minimum Gasteiger partial charge on any atom is -0.466 e. The van der Waals surface area contributed by atoms with Gasteiger partial charge in [-0.3, -0.25) is 4.79 Å². The second-order valence-corrected chi connectivity index (χ2v) is 7.81. The van der Waals surface area contributed by atoms with Gasteiger partial charge in [0.25, 0.3) is 0 Å². The van der Waals surface area contributed by atoms with Crippen LogP contribution in [0.25, 0.3) is 0 Å². The summed E-state index contributed by atoms with van der Waals surface area (Å²) in [6, 6.07) is -0.692. The highest BCUT2D eigenvalue weighted by atomic mass is 32.2. The van der Waals surface area contributed by atoms with Crippen molar-refractivity contribution in [3.8, 4) is 0 Å². The maximum Gasteiger partial charge on any atom is 0.310 e. The predicted molar refractivity (Wildman–Crippen MR) is 72.9 cm³/mol. The van der Waals surface area contributed by atoms with Crippen molar-refractivity contribution in [3.05, 3.63) is 0 Å². The van der Waals surface area contributed by atoms with Crippen molar-refractivity contribution in [1.82, 2.24) is 4.31 Å². The number of ether oxygens (including phenoxy) is 3. The van der Waals surface area contributed by atoms with E-state index in [-0.39, 0.29) is 12.0 Å². The summed E-state index contributed by atoms with van der Waals surface area (Å²) in [5.74, 6) is -1.48. The van der Waals surface area contributed by atoms with Gasteiger partial charge in [-0.15, -0.1) is 0 Å². The van der Waals surface area contributed by atoms with Crippen molar-refractivity contribution in [1.29, 1.82) is 0 Å². The minimum atomic E-state index is -3.37. The molecule has 3 saturated heterocycles. The molecule has 2 bridgehead atoms. The Hall–Kier alpha value is -0.700. The second-order valence-electron chi connectivity index (χ2n) is 5.92. The summed E-state index contributed by atoms with van der Waals surface area (Å²) < 4.78 is 42.1. The van der Waals surface area contributed by atoms with Crippen LogP contribution in [0, 0.1) is 5.92 Å². The van der Waals surface area contributed by atoms with Gasteiger partial charge in [0, 0.05) is 24.9 Å². The Kier molecular flexibility index (Phi) is 3.76. The van der Waals surface area contributed by atoms with Gasteiger partial charge >= 0.3 is 5.97 Å². The van der Waals surface area contributed by atoms with Gasteiger partial charge in [-0.05, 0) is 13.3 Å². The monoisotopic (exact) mass is 319 g/mol. The highest BCUT2D eigenvalue weighted by Gasteiger charge is 2.59. The molecule has 1 spiro atoms. The van der Waals surface area contributed by atoms with Gasteiger partial charge in [0.05, 0.1) is 32.0 Å². The van der Waals surface area contributed by atoms with Crippen molar-refractivity contribution in [2.75, 3.05) is 26.1 Å². The van der Waals surface area contributed by atoms with E-state index in [1.54, 1.807) is 6.92 Å². The van der Waals surface area contributed by atoms with E-state index in [2.05, 4.69) is 0 Å². The Labute approximate surface area is 124 Å². The van der Waals surface area contributed by atoms with Gasteiger partial charge in [0.2, 0.25) is 10.0 Å². The maximum absolute atomic E-state index is 12.1. The molecule has 3 rings (SSSR count). The van der Waals surface area contributed by atoms with Gasteiger partial charge in [-0.2, -0.15) is 4.31 Å². The lowest BCUT2D eigenvalue weighted by molar-refractivity contribution is -0.193. The highest BCUT2D eigenvalue weighted by Crippen LogP contribution is 2.48. The van der Waals surface area contributed by atoms with Crippen LogP contribution in [0.1, 0.15) is 26.2 Å². The Balaban J connectivity index is 1.90. The van der Waals surface area contributed by atoms with Crippen LogP contribution in [-0.2, 0) is 29.0 Å². The maximum atomic E-state index is 12.1. The predicted octanol–water partition coefficient (Wildman–Crippen LogP) is 0.105. The lowest BCUT2D eigenvalue weighted by atomic mass is 9.95. The summed E-state index contributed by atoms with van der Waals surface area (Å²) in [5.41, 5.74) is 0. The molecular formula is C13H21NO6S. The molecule has 3 heterocycles. The van der Waals surface area contributed by atoms with E-state index in [9.17, 15) is 13.2 Å². The standard InChI is InChI=1S/C13H21NO6S/c1-3-18-12(15)10-6-9-7-13(19-4-5-20-13)8-11(10)14(9)21(2,16)17/h9-11H,3-8H2,1-2H3. The molecule has 120 valence electrons. The fourth-order valence-corrected chi connectivity index (χ4v) is 5.34. The fourth-order valence-electron chi connectivity index (χ4n) is 3.92. The zero-order valence-corrected chi connectivity index (χ0v) is 13.1. The van der Waals surface area contributed by atoms with E-state index >= 15 is 0 Å². The van der Waals surface area contributed by atoms with Gasteiger partial charge in [-0.25, -0.2) is 8.42 Å². The number of hydrogen-bond donors (Lipinski definition) is 0. The number of sulfonamides is 1. The van der Waals surface area contributed by atoms with Crippen molar-refractivity contribution >= 4 is 16.0 Å². The van der Waals surface area contributed by atoms with E-state index < -0.39 is 27.8 Å². The van der Waals surface area contributed by atoms with Crippen LogP contribution in [0.2, 0.25) is 0 Å². The normalized spacial score (nSPS) is 35.2. The molecule has 0 aromatic rings. The molecule has 3 atom stereocenters. The molecule has 21 heavy (non-hydrogen) atoms. The Morgan fingerprint density at radius 3 is 2.57 bits per heavy atom. The van der Waals surface area contributed by atoms with Crippen LogP contribution < -0.4 is 0 Å². The zero-order valence-electron chi connectivity index (χ0n) is 12.3. The number of carbonyl (C=O) groups is 1. The van der Waals surface area contributed by atoms with E-state index in [0.29, 0.717) is 39.1 Å². The number of hydrogen-bond acceptors (Lipinski definition) is 6. The lowest BCUT2D eigenvalue weighted by Crippen LogP contribution is -2.54. The van der Waals surface area contributed by atoms with Crippen molar-refractivity contribution < 1.29 is 27.4 Å². The first-order valence-electron chi connectivity index (χ1n) is 7.29. The van der Waals surface area contributed by atoms with Gasteiger partial charge in [0.1, 0.15) is 0 Å². The summed E-state index contributed by atoms with van der Waals surface area (Å²) in [4.78, 5) is 12.1. The van der Waals surface area contributed by atoms with Crippen LogP contribution >= 0.6 is 0 Å². The molecule has 0 radical (unpaired) electrons. The molecule has 0 aromatic carbocycles. The zero-order chi connectivity index (χ0) is 15.3. The first kappa shape index (κ1) is 15.2. The molecule has 3 aliphatic heterocycles. The molecule has 0 saturated carbocycles. The van der Waals surface area contributed by atoms with Gasteiger partial charge < -0.3 is 14.2 Å². The average molecular weight is 319 g/mol. The molecule has 0 aromatic heterocycles. The van der Waals surface area contributed by atoms with Crippen molar-refractivity contribution in [2.24, 2.45) is 5.92 Å². The summed E-state index contributed by atoms with van der Waals surface area (Å²) in [7, 11) is -3.37. The van der Waals surface area contributed by atoms with Crippen molar-refractivity contribution in [3.63, 3.8) is 0 Å². The molecule has 8 heteroatoms. The number of carbonyl (C=O) groups excluding carboxylic acids is 1. The van der Waals surface area contributed by atoms with E-state index in [4.69, 9.17) is 14.2 Å². The molecule has 0 amide bonds. The first-order chi connectivity index (χ1) is 9.86. The topological polar surface area (TPSA) is 82.1 Å². The molecule has 7 nitrogen and oxygen atoms in total. The smallest absolute Gasteiger partial charge is 0.310 e. The summed E-state index contributed by atoms with van der Waals surface area (Å²) in [6.07, 6.45) is 2.53.